The predicted octanol–water partition coefficient (Wildman–Crippen LogP) is -0.652. The van der Waals surface area contributed by atoms with Crippen LogP contribution in [0.25, 0.3) is 0 Å². The van der Waals surface area contributed by atoms with E-state index in [1.807, 2.05) is 0 Å². The number of benzene rings is 1. The third kappa shape index (κ3) is 5.11. The fourth-order valence-electron chi connectivity index (χ4n) is 1.73. The average molecular weight is 295 g/mol. The minimum Gasteiger partial charge on any atom is -0.480 e. The van der Waals surface area contributed by atoms with E-state index in [0.717, 1.165) is 0 Å². The van der Waals surface area contributed by atoms with Gasteiger partial charge in [-0.15, -0.1) is 0 Å². The van der Waals surface area contributed by atoms with Crippen LogP contribution in [0.5, 0.6) is 0 Å². The van der Waals surface area contributed by atoms with Crippen molar-refractivity contribution in [3.8, 4) is 0 Å². The normalized spacial score (nSPS) is 13.0. The van der Waals surface area contributed by atoms with E-state index < -0.39 is 36.6 Å². The summed E-state index contributed by atoms with van der Waals surface area (Å²) in [5.74, 6) is -2.00. The van der Waals surface area contributed by atoms with E-state index in [-0.39, 0.29) is 6.42 Å². The second-order valence-corrected chi connectivity index (χ2v) is 4.26. The molecule has 8 nitrogen and oxygen atoms in total. The Morgan fingerprint density at radius 3 is 2.24 bits per heavy atom. The molecular weight excluding hydrogens is 278 g/mol. The Hall–Kier alpha value is -2.61. The third-order valence-corrected chi connectivity index (χ3v) is 2.71. The van der Waals surface area contributed by atoms with Crippen molar-refractivity contribution >= 4 is 17.9 Å². The minimum absolute atomic E-state index is 0.140. The first-order valence-electron chi connectivity index (χ1n) is 6.20. The SMILES string of the molecule is NC(=O)NC(C(=O)N[C@H](CCO)C(=O)O)c1ccccc1. The number of amides is 3. The lowest BCUT2D eigenvalue weighted by molar-refractivity contribution is -0.142. The van der Waals surface area contributed by atoms with Crippen molar-refractivity contribution in [3.05, 3.63) is 35.9 Å². The molecule has 6 N–H and O–H groups in total. The van der Waals surface area contributed by atoms with Gasteiger partial charge in [-0.2, -0.15) is 0 Å². The van der Waals surface area contributed by atoms with Gasteiger partial charge in [0.1, 0.15) is 12.1 Å². The molecule has 1 unspecified atom stereocenters. The summed E-state index contributed by atoms with van der Waals surface area (Å²) in [4.78, 5) is 34.1. The van der Waals surface area contributed by atoms with Gasteiger partial charge in [-0.05, 0) is 5.56 Å². The molecule has 0 heterocycles. The molecule has 0 aromatic heterocycles. The summed E-state index contributed by atoms with van der Waals surface area (Å²) in [6.07, 6.45) is -0.140. The van der Waals surface area contributed by atoms with Gasteiger partial charge < -0.3 is 26.6 Å². The largest absolute Gasteiger partial charge is 0.480 e. The summed E-state index contributed by atoms with van der Waals surface area (Å²) in [6, 6.07) is 5.00. The van der Waals surface area contributed by atoms with Gasteiger partial charge in [0.2, 0.25) is 5.91 Å². The highest BCUT2D eigenvalue weighted by Gasteiger charge is 2.26. The summed E-state index contributed by atoms with van der Waals surface area (Å²) in [5, 5.41) is 22.3. The summed E-state index contributed by atoms with van der Waals surface area (Å²) in [6.45, 7) is -0.392. The van der Waals surface area contributed by atoms with Gasteiger partial charge in [-0.1, -0.05) is 30.3 Å². The fourth-order valence-corrected chi connectivity index (χ4v) is 1.73. The second-order valence-electron chi connectivity index (χ2n) is 4.26. The van der Waals surface area contributed by atoms with Crippen molar-refractivity contribution in [2.75, 3.05) is 6.61 Å². The van der Waals surface area contributed by atoms with E-state index in [9.17, 15) is 14.4 Å². The Labute approximate surface area is 120 Å². The molecule has 0 aliphatic heterocycles. The van der Waals surface area contributed by atoms with Crippen LogP contribution in [0.3, 0.4) is 0 Å². The van der Waals surface area contributed by atoms with Crippen LogP contribution < -0.4 is 16.4 Å². The van der Waals surface area contributed by atoms with Crippen LogP contribution in [0.4, 0.5) is 4.79 Å². The molecule has 0 radical (unpaired) electrons. The van der Waals surface area contributed by atoms with Crippen molar-refractivity contribution in [3.63, 3.8) is 0 Å². The maximum Gasteiger partial charge on any atom is 0.326 e. The van der Waals surface area contributed by atoms with Gasteiger partial charge >= 0.3 is 12.0 Å². The number of carboxylic acids is 1. The summed E-state index contributed by atoms with van der Waals surface area (Å²) >= 11 is 0. The zero-order valence-corrected chi connectivity index (χ0v) is 11.2. The van der Waals surface area contributed by atoms with Crippen LogP contribution in [0.1, 0.15) is 18.0 Å². The molecule has 0 aliphatic carbocycles. The number of aliphatic hydroxyl groups is 1. The van der Waals surface area contributed by atoms with Gasteiger partial charge in [0.05, 0.1) is 0 Å². The third-order valence-electron chi connectivity index (χ3n) is 2.71. The van der Waals surface area contributed by atoms with Crippen molar-refractivity contribution in [1.29, 1.82) is 0 Å². The van der Waals surface area contributed by atoms with Gasteiger partial charge in [0, 0.05) is 13.0 Å². The number of nitrogens with two attached hydrogens (primary N) is 1. The quantitative estimate of drug-likeness (QED) is 0.454. The van der Waals surface area contributed by atoms with Crippen LogP contribution in [0.2, 0.25) is 0 Å². The zero-order valence-electron chi connectivity index (χ0n) is 11.2. The maximum absolute atomic E-state index is 12.1. The summed E-state index contributed by atoms with van der Waals surface area (Å²) in [5.41, 5.74) is 5.49. The molecule has 0 bridgehead atoms. The topological polar surface area (TPSA) is 142 Å². The highest BCUT2D eigenvalue weighted by atomic mass is 16.4. The van der Waals surface area contributed by atoms with Gasteiger partial charge in [-0.3, -0.25) is 4.79 Å². The lowest BCUT2D eigenvalue weighted by atomic mass is 10.1. The number of hydrogen-bond donors (Lipinski definition) is 5. The molecule has 1 aromatic rings. The van der Waals surface area contributed by atoms with E-state index in [4.69, 9.17) is 15.9 Å². The maximum atomic E-state index is 12.1. The van der Waals surface area contributed by atoms with Gasteiger partial charge in [-0.25, -0.2) is 9.59 Å². The molecule has 0 saturated heterocycles. The molecule has 0 fully saturated rings. The summed E-state index contributed by atoms with van der Waals surface area (Å²) < 4.78 is 0. The van der Waals surface area contributed by atoms with Gasteiger partial charge in [0.15, 0.2) is 0 Å². The Morgan fingerprint density at radius 1 is 1.14 bits per heavy atom. The number of aliphatic hydroxyl groups excluding tert-OH is 1. The number of rotatable bonds is 7. The van der Waals surface area contributed by atoms with E-state index in [2.05, 4.69) is 10.6 Å². The number of aliphatic carboxylic acids is 1. The monoisotopic (exact) mass is 295 g/mol. The number of carboxylic acid groups (broad SMARTS) is 1. The lowest BCUT2D eigenvalue weighted by Crippen LogP contribution is -2.48. The number of carbonyl (C=O) groups excluding carboxylic acids is 2. The molecule has 1 rings (SSSR count). The lowest BCUT2D eigenvalue weighted by Gasteiger charge is -2.20. The van der Waals surface area contributed by atoms with E-state index >= 15 is 0 Å². The molecule has 2 atom stereocenters. The second kappa shape index (κ2) is 7.85. The standard InChI is InChI=1S/C13H17N3O5/c14-13(21)16-10(8-4-2-1-3-5-8)11(18)15-9(6-7-17)12(19)20/h1-5,9-10,17H,6-7H2,(H,15,18)(H,19,20)(H3,14,16,21)/t9-,10?/m1/s1. The number of primary amides is 1. The van der Waals surface area contributed by atoms with Crippen LogP contribution in [0, 0.1) is 0 Å². The first kappa shape index (κ1) is 16.4. The fraction of sp³-hybridized carbons (Fsp3) is 0.308. The van der Waals surface area contributed by atoms with Crippen LogP contribution in [-0.2, 0) is 9.59 Å². The average Bonchev–Trinajstić information content (AvgIpc) is 2.44. The Bertz CT molecular complexity index is 506. The summed E-state index contributed by atoms with van der Waals surface area (Å²) in [7, 11) is 0. The Kier molecular flexibility index (Phi) is 6.15. The molecule has 21 heavy (non-hydrogen) atoms. The van der Waals surface area contributed by atoms with E-state index in [1.54, 1.807) is 30.3 Å². The first-order valence-corrected chi connectivity index (χ1v) is 6.20. The molecular formula is C13H17N3O5. The Balaban J connectivity index is 2.90. The number of urea groups is 1. The molecule has 114 valence electrons. The first-order chi connectivity index (χ1) is 9.95. The van der Waals surface area contributed by atoms with Crippen molar-refractivity contribution < 1.29 is 24.6 Å². The number of hydrogen-bond acceptors (Lipinski definition) is 4. The number of nitrogens with one attached hydrogen (secondary N) is 2. The minimum atomic E-state index is -1.27. The van der Waals surface area contributed by atoms with E-state index in [0.29, 0.717) is 5.56 Å². The predicted molar refractivity (Wildman–Crippen MR) is 73.2 cm³/mol. The highest BCUT2D eigenvalue weighted by molar-refractivity contribution is 5.90. The Morgan fingerprint density at radius 2 is 1.76 bits per heavy atom. The smallest absolute Gasteiger partial charge is 0.326 e. The van der Waals surface area contributed by atoms with Crippen LogP contribution in [0.15, 0.2) is 30.3 Å². The van der Waals surface area contributed by atoms with Gasteiger partial charge in [0.25, 0.3) is 0 Å². The zero-order chi connectivity index (χ0) is 15.8. The molecule has 0 saturated carbocycles. The molecule has 0 spiro atoms. The molecule has 1 aromatic carbocycles. The van der Waals surface area contributed by atoms with Crippen LogP contribution in [-0.4, -0.2) is 40.8 Å². The van der Waals surface area contributed by atoms with Crippen molar-refractivity contribution in [2.45, 2.75) is 18.5 Å². The molecule has 3 amide bonds. The van der Waals surface area contributed by atoms with Crippen molar-refractivity contribution in [1.82, 2.24) is 10.6 Å². The number of carbonyl (C=O) groups is 3. The van der Waals surface area contributed by atoms with E-state index in [1.165, 1.54) is 0 Å². The van der Waals surface area contributed by atoms with Crippen molar-refractivity contribution in [2.24, 2.45) is 5.73 Å². The molecule has 0 aliphatic rings. The van der Waals surface area contributed by atoms with Crippen LogP contribution >= 0.6 is 0 Å². The highest BCUT2D eigenvalue weighted by Crippen LogP contribution is 2.13. The molecule has 8 heteroatoms.